The molecule has 3 aromatic carbocycles. The number of piperazine rings is 2. The quantitative estimate of drug-likeness (QED) is 0.180. The first-order valence-corrected chi connectivity index (χ1v) is 19.1. The van der Waals surface area contributed by atoms with Crippen molar-refractivity contribution in [2.24, 2.45) is 0 Å². The van der Waals surface area contributed by atoms with Gasteiger partial charge in [0, 0.05) is 123 Å². The Bertz CT molecular complexity index is 1880. The summed E-state index contributed by atoms with van der Waals surface area (Å²) < 4.78 is 5.21. The van der Waals surface area contributed by atoms with Crippen LogP contribution < -0.4 is 14.5 Å². The Kier molecular flexibility index (Phi) is 13.2. The van der Waals surface area contributed by atoms with Gasteiger partial charge in [-0.3, -0.25) is 19.3 Å². The van der Waals surface area contributed by atoms with Gasteiger partial charge in [-0.25, -0.2) is 4.98 Å². The minimum absolute atomic E-state index is 0.0494. The van der Waals surface area contributed by atoms with Crippen LogP contribution in [0, 0.1) is 0 Å². The fourth-order valence-electron chi connectivity index (χ4n) is 7.17. The summed E-state index contributed by atoms with van der Waals surface area (Å²) in [6.45, 7) is 8.27. The van der Waals surface area contributed by atoms with Crippen LogP contribution in [0.15, 0.2) is 103 Å². The second-order valence-corrected chi connectivity index (χ2v) is 14.5. The molecular weight excluding hydrogens is 691 g/mol. The Balaban J connectivity index is 1.22. The summed E-state index contributed by atoms with van der Waals surface area (Å²) >= 11 is 0. The van der Waals surface area contributed by atoms with E-state index in [4.69, 9.17) is 4.74 Å². The number of anilines is 2. The van der Waals surface area contributed by atoms with Crippen molar-refractivity contribution >= 4 is 35.2 Å². The average molecular weight is 744 g/mol. The van der Waals surface area contributed by atoms with E-state index in [1.807, 2.05) is 72.4 Å². The normalized spacial score (nSPS) is 15.5. The van der Waals surface area contributed by atoms with E-state index in [0.717, 1.165) is 55.1 Å². The van der Waals surface area contributed by atoms with Crippen molar-refractivity contribution in [3.63, 3.8) is 0 Å². The molecule has 11 heteroatoms. The van der Waals surface area contributed by atoms with E-state index in [1.54, 1.807) is 37.3 Å². The first kappa shape index (κ1) is 39.0. The van der Waals surface area contributed by atoms with E-state index in [0.29, 0.717) is 38.5 Å². The first-order chi connectivity index (χ1) is 26.7. The van der Waals surface area contributed by atoms with Crippen LogP contribution >= 0.6 is 0 Å². The molecule has 2 aliphatic rings. The van der Waals surface area contributed by atoms with Crippen molar-refractivity contribution in [1.82, 2.24) is 24.6 Å². The highest BCUT2D eigenvalue weighted by Crippen LogP contribution is 2.23. The van der Waals surface area contributed by atoms with Gasteiger partial charge in [-0.2, -0.15) is 0 Å². The number of amides is 3. The fraction of sp³-hybridized carbons (Fsp3) is 0.364. The first-order valence-electron chi connectivity index (χ1n) is 19.1. The molecule has 3 heterocycles. The van der Waals surface area contributed by atoms with Crippen molar-refractivity contribution in [1.29, 1.82) is 0 Å². The number of rotatable bonds is 13. The molecule has 288 valence electrons. The maximum absolute atomic E-state index is 14.7. The molecular formula is C44H53N7O4. The molecule has 2 aliphatic heterocycles. The van der Waals surface area contributed by atoms with Crippen LogP contribution in [0.4, 0.5) is 11.4 Å². The summed E-state index contributed by atoms with van der Waals surface area (Å²) in [6.07, 6.45) is 5.32. The summed E-state index contributed by atoms with van der Waals surface area (Å²) in [7, 11) is 5.64. The molecule has 2 saturated heterocycles. The molecule has 2 fully saturated rings. The van der Waals surface area contributed by atoms with Crippen LogP contribution in [0.2, 0.25) is 0 Å². The molecule has 0 N–H and O–H groups in total. The number of carbonyl (C=O) groups is 3. The van der Waals surface area contributed by atoms with Gasteiger partial charge in [-0.05, 0) is 58.7 Å². The summed E-state index contributed by atoms with van der Waals surface area (Å²) in [5, 5.41) is 0. The second-order valence-electron chi connectivity index (χ2n) is 14.5. The standard InChI is InChI=1S/C44H53N7O4/c1-34(52)48-26-28-49(29-27-48)40-18-12-38(13-19-40)33-51(43(53)21-15-36-14-20-42(55-4)45-31-36)41(30-35-8-6-5-7-9-35)44(54)50-24-22-47(23-25-50)32-37-10-16-39(17-11-37)46(2)3/h5-21,31,41H,22-30,32-33H2,1-4H3/t41-/m0/s1. The molecule has 0 aliphatic carbocycles. The molecule has 3 amide bonds. The minimum atomic E-state index is -0.724. The highest BCUT2D eigenvalue weighted by Gasteiger charge is 2.34. The topological polar surface area (TPSA) is 92.8 Å². The molecule has 0 saturated carbocycles. The lowest BCUT2D eigenvalue weighted by molar-refractivity contribution is -0.145. The Morgan fingerprint density at radius 3 is 2.02 bits per heavy atom. The monoisotopic (exact) mass is 743 g/mol. The molecule has 1 aromatic heterocycles. The van der Waals surface area contributed by atoms with Crippen LogP contribution in [0.3, 0.4) is 0 Å². The van der Waals surface area contributed by atoms with E-state index in [1.165, 1.54) is 17.3 Å². The number of methoxy groups -OCH3 is 1. The van der Waals surface area contributed by atoms with Gasteiger partial charge in [-0.15, -0.1) is 0 Å². The lowest BCUT2D eigenvalue weighted by atomic mass is 10.0. The number of pyridine rings is 1. The number of ether oxygens (including phenoxy) is 1. The van der Waals surface area contributed by atoms with Crippen molar-refractivity contribution < 1.29 is 19.1 Å². The van der Waals surface area contributed by atoms with Gasteiger partial charge in [0.1, 0.15) is 6.04 Å². The lowest BCUT2D eigenvalue weighted by Gasteiger charge is -2.39. The van der Waals surface area contributed by atoms with Crippen LogP contribution in [0.25, 0.3) is 6.08 Å². The Morgan fingerprint density at radius 2 is 1.42 bits per heavy atom. The number of benzene rings is 3. The summed E-state index contributed by atoms with van der Waals surface area (Å²) in [4.78, 5) is 57.5. The second kappa shape index (κ2) is 18.6. The molecule has 4 aromatic rings. The molecule has 6 rings (SSSR count). The summed E-state index contributed by atoms with van der Waals surface area (Å²) in [5.74, 6) is 0.288. The summed E-state index contributed by atoms with van der Waals surface area (Å²) in [5.41, 5.74) is 6.14. The number of carbonyl (C=O) groups excluding carboxylic acids is 3. The van der Waals surface area contributed by atoms with Crippen molar-refractivity contribution in [2.75, 3.05) is 83.4 Å². The molecule has 11 nitrogen and oxygen atoms in total. The zero-order valence-corrected chi connectivity index (χ0v) is 32.5. The van der Waals surface area contributed by atoms with Crippen molar-refractivity contribution in [3.8, 4) is 5.88 Å². The highest BCUT2D eigenvalue weighted by atomic mass is 16.5. The van der Waals surface area contributed by atoms with Crippen molar-refractivity contribution in [3.05, 3.63) is 126 Å². The summed E-state index contributed by atoms with van der Waals surface area (Å²) in [6, 6.07) is 29.6. The maximum Gasteiger partial charge on any atom is 0.247 e. The zero-order chi connectivity index (χ0) is 38.7. The minimum Gasteiger partial charge on any atom is -0.481 e. The van der Waals surface area contributed by atoms with Crippen LogP contribution in [0.1, 0.15) is 29.2 Å². The third-order valence-electron chi connectivity index (χ3n) is 10.5. The Morgan fingerprint density at radius 1 is 0.764 bits per heavy atom. The van der Waals surface area contributed by atoms with E-state index in [-0.39, 0.29) is 24.3 Å². The highest BCUT2D eigenvalue weighted by molar-refractivity contribution is 5.95. The van der Waals surface area contributed by atoms with Gasteiger partial charge < -0.3 is 29.2 Å². The van der Waals surface area contributed by atoms with Gasteiger partial charge >= 0.3 is 0 Å². The van der Waals surface area contributed by atoms with E-state index in [9.17, 15) is 14.4 Å². The van der Waals surface area contributed by atoms with Gasteiger partial charge in [-0.1, -0.05) is 54.6 Å². The molecule has 1 atom stereocenters. The molecule has 55 heavy (non-hydrogen) atoms. The largest absolute Gasteiger partial charge is 0.481 e. The van der Waals surface area contributed by atoms with Gasteiger partial charge in [0.15, 0.2) is 0 Å². The predicted molar refractivity (Wildman–Crippen MR) is 218 cm³/mol. The van der Waals surface area contributed by atoms with Crippen LogP contribution in [-0.2, 0) is 33.9 Å². The smallest absolute Gasteiger partial charge is 0.247 e. The zero-order valence-electron chi connectivity index (χ0n) is 32.5. The number of hydrogen-bond acceptors (Lipinski definition) is 8. The number of aromatic nitrogens is 1. The number of hydrogen-bond donors (Lipinski definition) is 0. The third kappa shape index (κ3) is 10.5. The Labute approximate surface area is 325 Å². The van der Waals surface area contributed by atoms with E-state index < -0.39 is 6.04 Å². The van der Waals surface area contributed by atoms with Crippen LogP contribution in [0.5, 0.6) is 5.88 Å². The molecule has 0 bridgehead atoms. The van der Waals surface area contributed by atoms with Gasteiger partial charge in [0.25, 0.3) is 0 Å². The fourth-order valence-corrected chi connectivity index (χ4v) is 7.17. The van der Waals surface area contributed by atoms with E-state index >= 15 is 0 Å². The SMILES string of the molecule is COc1ccc(C=CC(=O)N(Cc2ccc(N3CCN(C(C)=O)CC3)cc2)[C@@H](Cc2ccccc2)C(=O)N2CCN(Cc3ccc(N(C)C)cc3)CC2)cn1. The molecule has 0 radical (unpaired) electrons. The molecule has 0 spiro atoms. The van der Waals surface area contributed by atoms with E-state index in [2.05, 4.69) is 56.1 Å². The van der Waals surface area contributed by atoms with Crippen LogP contribution in [-0.4, -0.2) is 122 Å². The average Bonchev–Trinajstić information content (AvgIpc) is 3.22. The van der Waals surface area contributed by atoms with Crippen molar-refractivity contribution in [2.45, 2.75) is 32.5 Å². The predicted octanol–water partition coefficient (Wildman–Crippen LogP) is 4.82. The Hall–Kier alpha value is -5.68. The molecule has 0 unspecified atom stereocenters. The van der Waals surface area contributed by atoms with Gasteiger partial charge in [0.2, 0.25) is 23.6 Å². The maximum atomic E-state index is 14.7. The van der Waals surface area contributed by atoms with Gasteiger partial charge in [0.05, 0.1) is 7.11 Å². The number of nitrogens with zero attached hydrogens (tertiary/aromatic N) is 7. The third-order valence-corrected chi connectivity index (χ3v) is 10.5. The lowest BCUT2D eigenvalue weighted by Crippen LogP contribution is -2.56.